The summed E-state index contributed by atoms with van der Waals surface area (Å²) >= 11 is 0. The van der Waals surface area contributed by atoms with Crippen LogP contribution in [0.1, 0.15) is 46.2 Å². The van der Waals surface area contributed by atoms with Gasteiger partial charge in [0.25, 0.3) is 0 Å². The number of hydrogen-bond donors (Lipinski definition) is 2. The van der Waals surface area contributed by atoms with Crippen LogP contribution in [-0.2, 0) is 14.8 Å². The van der Waals surface area contributed by atoms with Crippen LogP contribution in [0.25, 0.3) is 0 Å². The Hall–Kier alpha value is -1.66. The van der Waals surface area contributed by atoms with Gasteiger partial charge in [-0.1, -0.05) is 37.6 Å². The van der Waals surface area contributed by atoms with Crippen molar-refractivity contribution in [1.82, 2.24) is 5.32 Å². The summed E-state index contributed by atoms with van der Waals surface area (Å²) in [6.07, 6.45) is 2.16. The van der Waals surface area contributed by atoms with Crippen LogP contribution in [-0.4, -0.2) is 14.3 Å². The van der Waals surface area contributed by atoms with E-state index in [0.29, 0.717) is 0 Å². The molecule has 1 aliphatic rings. The Bertz CT molecular complexity index is 760. The number of sulfonamides is 1. The molecule has 24 heavy (non-hydrogen) atoms. The normalized spacial score (nSPS) is 23.2. The van der Waals surface area contributed by atoms with Crippen molar-refractivity contribution in [3.63, 3.8) is 0 Å². The monoisotopic (exact) mass is 350 g/mol. The largest absolute Gasteiger partial charge is 0.349 e. The molecule has 3 atom stereocenters. The molecule has 1 saturated carbocycles. The van der Waals surface area contributed by atoms with Crippen molar-refractivity contribution in [2.24, 2.45) is 22.4 Å². The topological polar surface area (TPSA) is 89.3 Å². The predicted octanol–water partition coefficient (Wildman–Crippen LogP) is 2.75. The second kappa shape index (κ2) is 6.33. The Morgan fingerprint density at radius 1 is 1.25 bits per heavy atom. The zero-order valence-electron chi connectivity index (χ0n) is 14.8. The Balaban J connectivity index is 2.06. The second-order valence-electron chi connectivity index (χ2n) is 7.41. The van der Waals surface area contributed by atoms with Crippen LogP contribution in [0.15, 0.2) is 40.8 Å². The molecule has 0 aliphatic heterocycles. The van der Waals surface area contributed by atoms with Crippen molar-refractivity contribution in [3.8, 4) is 0 Å². The molecule has 0 heterocycles. The minimum absolute atomic E-state index is 0.0291. The average Bonchev–Trinajstić information content (AvgIpc) is 2.98. The van der Waals surface area contributed by atoms with Gasteiger partial charge < -0.3 is 5.32 Å². The second-order valence-corrected chi connectivity index (χ2v) is 8.97. The van der Waals surface area contributed by atoms with Crippen molar-refractivity contribution >= 4 is 15.9 Å². The van der Waals surface area contributed by atoms with E-state index < -0.39 is 10.0 Å². The smallest absolute Gasteiger partial charge is 0.238 e. The van der Waals surface area contributed by atoms with Gasteiger partial charge in [-0.2, -0.15) is 0 Å². The first-order valence-corrected chi connectivity index (χ1v) is 9.57. The quantitative estimate of drug-likeness (QED) is 0.800. The molecule has 1 amide bonds. The molecule has 6 heteroatoms. The highest BCUT2D eigenvalue weighted by atomic mass is 32.2. The summed E-state index contributed by atoms with van der Waals surface area (Å²) in [6, 6.07) is 6.07. The number of nitrogens with two attached hydrogens (primary N) is 1. The summed E-state index contributed by atoms with van der Waals surface area (Å²) in [5.41, 5.74) is 2.03. The molecule has 132 valence electrons. The molecule has 0 aromatic heterocycles. The Labute approximate surface area is 144 Å². The average molecular weight is 350 g/mol. The molecule has 5 nitrogen and oxygen atoms in total. The summed E-state index contributed by atoms with van der Waals surface area (Å²) in [7, 11) is -3.70. The van der Waals surface area contributed by atoms with Gasteiger partial charge in [0.1, 0.15) is 0 Å². The minimum atomic E-state index is -3.70. The van der Waals surface area contributed by atoms with Crippen molar-refractivity contribution in [2.75, 3.05) is 0 Å². The molecular formula is C18H26N2O3S. The lowest BCUT2D eigenvalue weighted by Crippen LogP contribution is -2.29. The first-order chi connectivity index (χ1) is 10.9. The van der Waals surface area contributed by atoms with Crippen molar-refractivity contribution in [2.45, 2.75) is 45.6 Å². The van der Waals surface area contributed by atoms with Gasteiger partial charge >= 0.3 is 0 Å². The molecule has 0 radical (unpaired) electrons. The number of nitrogens with one attached hydrogen (secondary N) is 1. The van der Waals surface area contributed by atoms with E-state index in [9.17, 15) is 13.2 Å². The number of benzene rings is 1. The summed E-state index contributed by atoms with van der Waals surface area (Å²) in [6.45, 7) is 10.2. The van der Waals surface area contributed by atoms with Gasteiger partial charge in [-0.15, -0.1) is 0 Å². The molecule has 3 N–H and O–H groups in total. The molecule has 0 unspecified atom stereocenters. The SMILES string of the molecule is CC(C)=C[C@H]1[C@@H](C(=O)N[C@H](C)c2ccc(S(N)(=O)=O)cc2)C1(C)C. The third-order valence-corrected chi connectivity index (χ3v) is 5.70. The fraction of sp³-hybridized carbons (Fsp3) is 0.500. The molecule has 0 spiro atoms. The van der Waals surface area contributed by atoms with Crippen LogP contribution < -0.4 is 10.5 Å². The lowest BCUT2D eigenvalue weighted by molar-refractivity contribution is -0.123. The fourth-order valence-corrected chi connectivity index (χ4v) is 3.70. The molecule has 0 saturated heterocycles. The Morgan fingerprint density at radius 2 is 1.79 bits per heavy atom. The maximum Gasteiger partial charge on any atom is 0.238 e. The van der Waals surface area contributed by atoms with E-state index in [4.69, 9.17) is 5.14 Å². The first-order valence-electron chi connectivity index (χ1n) is 8.02. The van der Waals surface area contributed by atoms with Crippen LogP contribution in [0, 0.1) is 17.3 Å². The third kappa shape index (κ3) is 3.87. The van der Waals surface area contributed by atoms with E-state index in [1.54, 1.807) is 12.1 Å². The van der Waals surface area contributed by atoms with Crippen LogP contribution in [0.4, 0.5) is 0 Å². The summed E-state index contributed by atoms with van der Waals surface area (Å²) in [5, 5.41) is 8.12. The van der Waals surface area contributed by atoms with E-state index in [0.717, 1.165) is 5.56 Å². The fourth-order valence-electron chi connectivity index (χ4n) is 3.18. The highest BCUT2D eigenvalue weighted by molar-refractivity contribution is 7.89. The molecule has 1 fully saturated rings. The van der Waals surface area contributed by atoms with Crippen LogP contribution in [0.2, 0.25) is 0 Å². The van der Waals surface area contributed by atoms with Crippen molar-refractivity contribution in [1.29, 1.82) is 0 Å². The molecule has 2 rings (SSSR count). The van der Waals surface area contributed by atoms with Crippen LogP contribution >= 0.6 is 0 Å². The lowest BCUT2D eigenvalue weighted by Gasteiger charge is -2.15. The molecule has 1 aromatic carbocycles. The first kappa shape index (κ1) is 18.7. The zero-order valence-corrected chi connectivity index (χ0v) is 15.6. The van der Waals surface area contributed by atoms with Gasteiger partial charge in [0, 0.05) is 0 Å². The van der Waals surface area contributed by atoms with E-state index in [2.05, 4.69) is 25.2 Å². The number of primary sulfonamides is 1. The highest BCUT2D eigenvalue weighted by Gasteiger charge is 2.60. The summed E-state index contributed by atoms with van der Waals surface area (Å²) < 4.78 is 22.6. The highest BCUT2D eigenvalue weighted by Crippen LogP contribution is 2.59. The standard InChI is InChI=1S/C18H26N2O3S/c1-11(2)10-15-16(18(15,4)5)17(21)20-12(3)13-6-8-14(9-7-13)24(19,22)23/h6-10,12,15-16H,1-5H3,(H,20,21)(H2,19,22,23)/t12-,15+,16+/m1/s1. The van der Waals surface area contributed by atoms with E-state index >= 15 is 0 Å². The number of rotatable bonds is 5. The van der Waals surface area contributed by atoms with Crippen molar-refractivity contribution < 1.29 is 13.2 Å². The summed E-state index contributed by atoms with van der Waals surface area (Å²) in [5.74, 6) is 0.267. The van der Waals surface area contributed by atoms with E-state index in [1.807, 2.05) is 20.8 Å². The van der Waals surface area contributed by atoms with Crippen LogP contribution in [0.3, 0.4) is 0 Å². The number of carbonyl (C=O) groups is 1. The number of allylic oxidation sites excluding steroid dienone is 2. The van der Waals surface area contributed by atoms with E-state index in [-0.39, 0.29) is 34.1 Å². The Morgan fingerprint density at radius 3 is 2.25 bits per heavy atom. The maximum atomic E-state index is 12.6. The maximum absolute atomic E-state index is 12.6. The number of hydrogen-bond acceptors (Lipinski definition) is 3. The summed E-state index contributed by atoms with van der Waals surface area (Å²) in [4.78, 5) is 12.6. The van der Waals surface area contributed by atoms with Gasteiger partial charge in [-0.3, -0.25) is 4.79 Å². The molecular weight excluding hydrogens is 324 g/mol. The lowest BCUT2D eigenvalue weighted by atomic mass is 10.1. The minimum Gasteiger partial charge on any atom is -0.349 e. The van der Waals surface area contributed by atoms with Gasteiger partial charge in [0.05, 0.1) is 16.9 Å². The van der Waals surface area contributed by atoms with E-state index in [1.165, 1.54) is 17.7 Å². The number of amides is 1. The van der Waals surface area contributed by atoms with Crippen LogP contribution in [0.5, 0.6) is 0 Å². The van der Waals surface area contributed by atoms with Gasteiger partial charge in [0.2, 0.25) is 15.9 Å². The zero-order chi connectivity index (χ0) is 18.3. The molecule has 0 bridgehead atoms. The van der Waals surface area contributed by atoms with Gasteiger partial charge in [-0.05, 0) is 49.8 Å². The molecule has 1 aliphatic carbocycles. The van der Waals surface area contributed by atoms with Gasteiger partial charge in [-0.25, -0.2) is 13.6 Å². The third-order valence-electron chi connectivity index (χ3n) is 4.77. The molecule has 1 aromatic rings. The number of carbonyl (C=O) groups excluding carboxylic acids is 1. The Kier molecular flexibility index (Phi) is 4.93. The van der Waals surface area contributed by atoms with Gasteiger partial charge in [0.15, 0.2) is 0 Å². The van der Waals surface area contributed by atoms with Crippen molar-refractivity contribution in [3.05, 3.63) is 41.5 Å². The predicted molar refractivity (Wildman–Crippen MR) is 94.6 cm³/mol.